The van der Waals surface area contributed by atoms with Gasteiger partial charge in [0.05, 0.1) is 5.69 Å². The first-order valence-corrected chi connectivity index (χ1v) is 9.27. The van der Waals surface area contributed by atoms with Crippen molar-refractivity contribution in [2.75, 3.05) is 11.5 Å². The van der Waals surface area contributed by atoms with E-state index >= 15 is 0 Å². The van der Waals surface area contributed by atoms with E-state index in [2.05, 4.69) is 5.10 Å². The number of para-hydroxylation sites is 1. The smallest absolute Gasteiger partial charge is 0.348 e. The Labute approximate surface area is 155 Å². The van der Waals surface area contributed by atoms with Gasteiger partial charge >= 0.3 is 5.97 Å². The minimum atomic E-state index is -0.473. The number of esters is 1. The van der Waals surface area contributed by atoms with E-state index in [1.54, 1.807) is 15.6 Å². The van der Waals surface area contributed by atoms with Gasteiger partial charge in [0, 0.05) is 24.2 Å². The number of aromatic nitrogens is 2. The number of carbonyl (C=O) groups is 2. The molecule has 0 radical (unpaired) electrons. The highest BCUT2D eigenvalue weighted by atomic mass is 32.1. The molecule has 2 aromatic heterocycles. The second-order valence-corrected chi connectivity index (χ2v) is 7.59. The van der Waals surface area contributed by atoms with Crippen LogP contribution in [0.3, 0.4) is 0 Å². The van der Waals surface area contributed by atoms with Crippen LogP contribution in [-0.4, -0.2) is 34.3 Å². The Hall–Kier alpha value is -2.67. The summed E-state index contributed by atoms with van der Waals surface area (Å²) in [4.78, 5) is 28.1. The number of hydrogen-bond donors (Lipinski definition) is 0. The van der Waals surface area contributed by atoms with E-state index in [0.717, 1.165) is 33.6 Å². The lowest BCUT2D eigenvalue weighted by atomic mass is 10.1. The van der Waals surface area contributed by atoms with Crippen LogP contribution in [-0.2, 0) is 23.0 Å². The number of aryl methyl sites for hydroxylation is 2. The standard InChI is InChI=1S/C19H19N3O3S/c1-11-8-13-6-4-5-7-15(13)22(11)17(23)10-25-19(24)16-9-14-12(2)20-21(3)18(14)26-16/h4-7,9,11H,8,10H2,1-3H3/t11-/m1/s1. The molecule has 4 rings (SSSR count). The normalized spacial score (nSPS) is 16.1. The lowest BCUT2D eigenvalue weighted by Crippen LogP contribution is -2.38. The largest absolute Gasteiger partial charge is 0.451 e. The molecule has 0 N–H and O–H groups in total. The van der Waals surface area contributed by atoms with Crippen molar-refractivity contribution in [1.82, 2.24) is 9.78 Å². The van der Waals surface area contributed by atoms with Crippen molar-refractivity contribution in [3.05, 3.63) is 46.5 Å². The minimum Gasteiger partial charge on any atom is -0.451 e. The Bertz CT molecular complexity index is 986. The number of nitrogens with zero attached hydrogens (tertiary/aromatic N) is 3. The van der Waals surface area contributed by atoms with E-state index in [1.165, 1.54) is 11.3 Å². The molecule has 0 aliphatic carbocycles. The molecule has 134 valence electrons. The third-order valence-corrected chi connectivity index (χ3v) is 5.88. The monoisotopic (exact) mass is 369 g/mol. The van der Waals surface area contributed by atoms with Crippen LogP contribution in [0.1, 0.15) is 27.9 Å². The van der Waals surface area contributed by atoms with Gasteiger partial charge in [-0.05, 0) is 38.0 Å². The van der Waals surface area contributed by atoms with Crippen LogP contribution >= 0.6 is 11.3 Å². The number of thiophene rings is 1. The van der Waals surface area contributed by atoms with E-state index in [9.17, 15) is 9.59 Å². The molecule has 0 fully saturated rings. The highest BCUT2D eigenvalue weighted by Crippen LogP contribution is 2.32. The molecule has 0 unspecified atom stereocenters. The number of amides is 1. The van der Waals surface area contributed by atoms with Crippen molar-refractivity contribution in [2.45, 2.75) is 26.3 Å². The van der Waals surface area contributed by atoms with Crippen LogP contribution in [0, 0.1) is 6.92 Å². The predicted molar refractivity (Wildman–Crippen MR) is 101 cm³/mol. The molecule has 0 saturated heterocycles. The van der Waals surface area contributed by atoms with Crippen molar-refractivity contribution in [1.29, 1.82) is 0 Å². The molecule has 7 heteroatoms. The Morgan fingerprint density at radius 1 is 1.35 bits per heavy atom. The van der Waals surface area contributed by atoms with Crippen LogP contribution in [0.2, 0.25) is 0 Å². The Morgan fingerprint density at radius 3 is 2.88 bits per heavy atom. The highest BCUT2D eigenvalue weighted by molar-refractivity contribution is 7.20. The third-order valence-electron chi connectivity index (χ3n) is 4.70. The van der Waals surface area contributed by atoms with Gasteiger partial charge in [0.25, 0.3) is 5.91 Å². The van der Waals surface area contributed by atoms with Gasteiger partial charge in [0.2, 0.25) is 0 Å². The van der Waals surface area contributed by atoms with Gasteiger partial charge < -0.3 is 9.64 Å². The summed E-state index contributed by atoms with van der Waals surface area (Å²) in [7, 11) is 1.84. The van der Waals surface area contributed by atoms with E-state index in [0.29, 0.717) is 4.88 Å². The number of ether oxygens (including phenoxy) is 1. The average molecular weight is 369 g/mol. The van der Waals surface area contributed by atoms with Gasteiger partial charge in [0.15, 0.2) is 6.61 Å². The Morgan fingerprint density at radius 2 is 2.12 bits per heavy atom. The zero-order chi connectivity index (χ0) is 18.4. The lowest BCUT2D eigenvalue weighted by Gasteiger charge is -2.22. The molecule has 1 amide bonds. The molecule has 26 heavy (non-hydrogen) atoms. The van der Waals surface area contributed by atoms with Crippen LogP contribution in [0.4, 0.5) is 5.69 Å². The molecule has 1 aromatic carbocycles. The number of rotatable bonds is 3. The second-order valence-electron chi connectivity index (χ2n) is 6.56. The highest BCUT2D eigenvalue weighted by Gasteiger charge is 2.31. The number of benzene rings is 1. The fourth-order valence-electron chi connectivity index (χ4n) is 3.52. The van der Waals surface area contributed by atoms with E-state index in [4.69, 9.17) is 4.74 Å². The maximum absolute atomic E-state index is 12.6. The molecule has 0 spiro atoms. The van der Waals surface area contributed by atoms with Gasteiger partial charge in [-0.2, -0.15) is 5.10 Å². The molecule has 1 aliphatic heterocycles. The van der Waals surface area contributed by atoms with Crippen molar-refractivity contribution in [3.63, 3.8) is 0 Å². The molecule has 1 atom stereocenters. The summed E-state index contributed by atoms with van der Waals surface area (Å²) in [5.74, 6) is -0.672. The molecule has 0 bridgehead atoms. The van der Waals surface area contributed by atoms with Crippen molar-refractivity contribution >= 4 is 39.1 Å². The molecular formula is C19H19N3O3S. The zero-order valence-electron chi connectivity index (χ0n) is 14.9. The van der Waals surface area contributed by atoms with Crippen molar-refractivity contribution in [2.24, 2.45) is 7.05 Å². The van der Waals surface area contributed by atoms with Crippen LogP contribution < -0.4 is 4.90 Å². The summed E-state index contributed by atoms with van der Waals surface area (Å²) in [6.07, 6.45) is 0.818. The first kappa shape index (κ1) is 16.8. The van der Waals surface area contributed by atoms with E-state index in [1.807, 2.05) is 45.2 Å². The third kappa shape index (κ3) is 2.68. The fourth-order valence-corrected chi connectivity index (χ4v) is 4.54. The lowest BCUT2D eigenvalue weighted by molar-refractivity contribution is -0.122. The van der Waals surface area contributed by atoms with Gasteiger partial charge in [-0.25, -0.2) is 4.79 Å². The van der Waals surface area contributed by atoms with Gasteiger partial charge in [-0.3, -0.25) is 9.48 Å². The number of anilines is 1. The van der Waals surface area contributed by atoms with Gasteiger partial charge in [-0.15, -0.1) is 11.3 Å². The molecule has 3 aromatic rings. The van der Waals surface area contributed by atoms with Gasteiger partial charge in [-0.1, -0.05) is 18.2 Å². The second kappa shape index (κ2) is 6.25. The summed E-state index contributed by atoms with van der Waals surface area (Å²) >= 11 is 1.33. The Kier molecular flexibility index (Phi) is 4.03. The minimum absolute atomic E-state index is 0.0663. The van der Waals surface area contributed by atoms with E-state index < -0.39 is 5.97 Å². The summed E-state index contributed by atoms with van der Waals surface area (Å²) < 4.78 is 7.05. The quantitative estimate of drug-likeness (QED) is 0.666. The summed E-state index contributed by atoms with van der Waals surface area (Å²) in [6, 6.07) is 9.69. The average Bonchev–Trinajstić information content (AvgIpc) is 3.26. The molecule has 6 nitrogen and oxygen atoms in total. The molecule has 1 aliphatic rings. The molecular weight excluding hydrogens is 350 g/mol. The van der Waals surface area contributed by atoms with Crippen LogP contribution in [0.15, 0.2) is 30.3 Å². The maximum atomic E-state index is 12.6. The summed E-state index contributed by atoms with van der Waals surface area (Å²) in [6.45, 7) is 3.64. The summed E-state index contributed by atoms with van der Waals surface area (Å²) in [5, 5.41) is 5.26. The molecule has 0 saturated carbocycles. The topological polar surface area (TPSA) is 64.4 Å². The summed E-state index contributed by atoms with van der Waals surface area (Å²) in [5.41, 5.74) is 2.92. The number of carbonyl (C=O) groups excluding carboxylic acids is 2. The number of fused-ring (bicyclic) bond motifs is 2. The fraction of sp³-hybridized carbons (Fsp3) is 0.316. The Balaban J connectivity index is 1.47. The van der Waals surface area contributed by atoms with Gasteiger partial charge in [0.1, 0.15) is 9.71 Å². The number of hydrogen-bond acceptors (Lipinski definition) is 5. The first-order valence-electron chi connectivity index (χ1n) is 8.46. The van der Waals surface area contributed by atoms with Crippen LogP contribution in [0.5, 0.6) is 0 Å². The van der Waals surface area contributed by atoms with Crippen LogP contribution in [0.25, 0.3) is 10.2 Å². The van der Waals surface area contributed by atoms with Crippen molar-refractivity contribution < 1.29 is 14.3 Å². The van der Waals surface area contributed by atoms with E-state index in [-0.39, 0.29) is 18.6 Å². The molecule has 3 heterocycles. The maximum Gasteiger partial charge on any atom is 0.348 e. The predicted octanol–water partition coefficient (Wildman–Crippen LogP) is 3.08. The zero-order valence-corrected chi connectivity index (χ0v) is 15.7. The van der Waals surface area contributed by atoms with Crippen molar-refractivity contribution in [3.8, 4) is 0 Å². The SMILES string of the molecule is Cc1nn(C)c2sc(C(=O)OCC(=O)N3c4ccccc4C[C@H]3C)cc12. The first-order chi connectivity index (χ1) is 12.5.